The summed E-state index contributed by atoms with van der Waals surface area (Å²) >= 11 is 0. The van der Waals surface area contributed by atoms with Crippen LogP contribution in [0.5, 0.6) is 0 Å². The van der Waals surface area contributed by atoms with Gasteiger partial charge in [-0.15, -0.1) is 0 Å². The van der Waals surface area contributed by atoms with Gasteiger partial charge in [0.15, 0.2) is 0 Å². The van der Waals surface area contributed by atoms with Gasteiger partial charge in [-0.3, -0.25) is 13.8 Å². The molecule has 2 heterocycles. The van der Waals surface area contributed by atoms with Gasteiger partial charge in [-0.2, -0.15) is 0 Å². The number of fused-ring (bicyclic) bond motifs is 1. The van der Waals surface area contributed by atoms with E-state index in [1.807, 2.05) is 30.0 Å². The highest BCUT2D eigenvalue weighted by Crippen LogP contribution is 2.33. The fourth-order valence-corrected chi connectivity index (χ4v) is 5.92. The number of hydrogen-bond donors (Lipinski definition) is 2. The van der Waals surface area contributed by atoms with E-state index < -0.39 is 16.8 Å². The molecule has 1 aromatic rings. The highest BCUT2D eigenvalue weighted by atomic mass is 32.2. The normalized spacial score (nSPS) is 26.1. The molecule has 2 aliphatic rings. The number of benzene rings is 1. The standard InChI is InChI=1S/C22H33N3O3S/c1-3-19(23-2)21(26)24-20-12-11-17-9-10-18(25(17)22(20)27)15-29(28)14-13-16-7-5-4-6-8-16/h4-8,17-20,23H,3,9-15H2,1-2H3,(H,24,26)/t17-,18+,19?,20+,29?/m1/s1. The zero-order valence-corrected chi connectivity index (χ0v) is 18.2. The molecule has 0 saturated carbocycles. The first-order valence-corrected chi connectivity index (χ1v) is 12.2. The van der Waals surface area contributed by atoms with Gasteiger partial charge in [-0.1, -0.05) is 37.3 Å². The van der Waals surface area contributed by atoms with Crippen LogP contribution in [0.1, 0.15) is 44.6 Å². The Morgan fingerprint density at radius 1 is 1.21 bits per heavy atom. The molecule has 2 unspecified atom stereocenters. The maximum Gasteiger partial charge on any atom is 0.245 e. The van der Waals surface area contributed by atoms with Gasteiger partial charge in [0, 0.05) is 34.4 Å². The molecule has 0 aliphatic carbocycles. The van der Waals surface area contributed by atoms with Crippen LogP contribution >= 0.6 is 0 Å². The molecule has 2 amide bonds. The molecule has 2 aliphatic heterocycles. The number of carbonyl (C=O) groups excluding carboxylic acids is 2. The van der Waals surface area contributed by atoms with Crippen molar-refractivity contribution >= 4 is 22.6 Å². The molecule has 7 heteroatoms. The lowest BCUT2D eigenvalue weighted by Crippen LogP contribution is -2.58. The summed E-state index contributed by atoms with van der Waals surface area (Å²) in [5.41, 5.74) is 1.19. The molecular weight excluding hydrogens is 386 g/mol. The van der Waals surface area contributed by atoms with Crippen LogP contribution in [-0.4, -0.2) is 63.6 Å². The maximum absolute atomic E-state index is 13.1. The van der Waals surface area contributed by atoms with E-state index in [9.17, 15) is 13.8 Å². The largest absolute Gasteiger partial charge is 0.343 e. The fraction of sp³-hybridized carbons (Fsp3) is 0.636. The summed E-state index contributed by atoms with van der Waals surface area (Å²) in [4.78, 5) is 27.4. The third-order valence-corrected chi connectivity index (χ3v) is 7.61. The molecule has 1 aromatic carbocycles. The first-order chi connectivity index (χ1) is 14.0. The Balaban J connectivity index is 1.56. The highest BCUT2D eigenvalue weighted by Gasteiger charge is 2.44. The lowest BCUT2D eigenvalue weighted by Gasteiger charge is -2.38. The van der Waals surface area contributed by atoms with E-state index in [-0.39, 0.29) is 29.9 Å². The van der Waals surface area contributed by atoms with E-state index in [4.69, 9.17) is 0 Å². The molecule has 2 saturated heterocycles. The minimum atomic E-state index is -0.964. The summed E-state index contributed by atoms with van der Waals surface area (Å²) in [6.45, 7) is 1.95. The fourth-order valence-electron chi connectivity index (χ4n) is 4.53. The van der Waals surface area contributed by atoms with Crippen molar-refractivity contribution in [3.63, 3.8) is 0 Å². The van der Waals surface area contributed by atoms with Crippen molar-refractivity contribution in [1.82, 2.24) is 15.5 Å². The Morgan fingerprint density at radius 3 is 2.62 bits per heavy atom. The monoisotopic (exact) mass is 419 g/mol. The Kier molecular flexibility index (Phi) is 7.84. The Bertz CT molecular complexity index is 723. The number of amides is 2. The second-order valence-electron chi connectivity index (χ2n) is 8.06. The topological polar surface area (TPSA) is 78.5 Å². The lowest BCUT2D eigenvalue weighted by molar-refractivity contribution is -0.142. The predicted molar refractivity (Wildman–Crippen MR) is 116 cm³/mol. The van der Waals surface area contributed by atoms with E-state index in [1.165, 1.54) is 5.56 Å². The van der Waals surface area contributed by atoms with Crippen LogP contribution in [-0.2, 0) is 26.8 Å². The van der Waals surface area contributed by atoms with Crippen molar-refractivity contribution in [2.45, 2.75) is 69.6 Å². The van der Waals surface area contributed by atoms with E-state index >= 15 is 0 Å². The Hall–Kier alpha value is -1.73. The van der Waals surface area contributed by atoms with Crippen molar-refractivity contribution in [3.8, 4) is 0 Å². The second kappa shape index (κ2) is 10.3. The molecule has 0 bridgehead atoms. The average molecular weight is 420 g/mol. The van der Waals surface area contributed by atoms with Crippen LogP contribution in [0.15, 0.2) is 30.3 Å². The quantitative estimate of drug-likeness (QED) is 0.638. The van der Waals surface area contributed by atoms with Gasteiger partial charge in [-0.25, -0.2) is 0 Å². The molecule has 29 heavy (non-hydrogen) atoms. The number of nitrogens with one attached hydrogen (secondary N) is 2. The van der Waals surface area contributed by atoms with E-state index in [1.54, 1.807) is 7.05 Å². The summed E-state index contributed by atoms with van der Waals surface area (Å²) < 4.78 is 12.7. The number of carbonyl (C=O) groups is 2. The zero-order valence-electron chi connectivity index (χ0n) is 17.4. The third-order valence-electron chi connectivity index (χ3n) is 6.19. The molecule has 160 valence electrons. The second-order valence-corrected chi connectivity index (χ2v) is 9.69. The maximum atomic E-state index is 13.1. The smallest absolute Gasteiger partial charge is 0.245 e. The first kappa shape index (κ1) is 22.0. The van der Waals surface area contributed by atoms with Crippen molar-refractivity contribution < 1.29 is 13.8 Å². The van der Waals surface area contributed by atoms with Crippen LogP contribution < -0.4 is 10.6 Å². The number of likely N-dealkylation sites (N-methyl/N-ethyl adjacent to an activating group) is 1. The summed E-state index contributed by atoms with van der Waals surface area (Å²) in [7, 11) is 0.794. The van der Waals surface area contributed by atoms with E-state index in [0.717, 1.165) is 25.7 Å². The summed E-state index contributed by atoms with van der Waals surface area (Å²) in [6.07, 6.45) is 4.94. The van der Waals surface area contributed by atoms with Crippen LogP contribution in [0, 0.1) is 0 Å². The van der Waals surface area contributed by atoms with Gasteiger partial charge in [0.1, 0.15) is 6.04 Å². The van der Waals surface area contributed by atoms with Crippen LogP contribution in [0.2, 0.25) is 0 Å². The van der Waals surface area contributed by atoms with Crippen molar-refractivity contribution in [3.05, 3.63) is 35.9 Å². The molecule has 6 nitrogen and oxygen atoms in total. The number of rotatable bonds is 9. The summed E-state index contributed by atoms with van der Waals surface area (Å²) in [5, 5.41) is 5.92. The lowest BCUT2D eigenvalue weighted by atomic mass is 9.97. The molecule has 0 radical (unpaired) electrons. The SMILES string of the molecule is CCC(NC)C(=O)N[C@H]1CC[C@H]2CC[C@@H](CS(=O)CCc3ccccc3)N2C1=O. The van der Waals surface area contributed by atoms with Gasteiger partial charge in [0.2, 0.25) is 11.8 Å². The molecular formula is C22H33N3O3S. The van der Waals surface area contributed by atoms with Gasteiger partial charge >= 0.3 is 0 Å². The first-order valence-electron chi connectivity index (χ1n) is 10.7. The molecule has 2 N–H and O–H groups in total. The van der Waals surface area contributed by atoms with E-state index in [0.29, 0.717) is 24.3 Å². The third kappa shape index (κ3) is 5.45. The molecule has 3 rings (SSSR count). The average Bonchev–Trinajstić information content (AvgIpc) is 3.13. The van der Waals surface area contributed by atoms with Crippen LogP contribution in [0.25, 0.3) is 0 Å². The van der Waals surface area contributed by atoms with Crippen molar-refractivity contribution in [2.24, 2.45) is 0 Å². The highest BCUT2D eigenvalue weighted by molar-refractivity contribution is 7.85. The molecule has 0 aromatic heterocycles. The number of piperidine rings is 1. The number of nitrogens with zero attached hydrogens (tertiary/aromatic N) is 1. The number of hydrogen-bond acceptors (Lipinski definition) is 4. The minimum absolute atomic E-state index is 0.00288. The zero-order chi connectivity index (χ0) is 20.8. The van der Waals surface area contributed by atoms with Crippen molar-refractivity contribution in [1.29, 1.82) is 0 Å². The minimum Gasteiger partial charge on any atom is -0.343 e. The number of aryl methyl sites for hydroxylation is 1. The molecule has 2 fully saturated rings. The van der Waals surface area contributed by atoms with Gasteiger partial charge in [-0.05, 0) is 51.1 Å². The summed E-state index contributed by atoms with van der Waals surface area (Å²) in [6, 6.07) is 9.61. The van der Waals surface area contributed by atoms with Gasteiger partial charge in [0.25, 0.3) is 0 Å². The van der Waals surface area contributed by atoms with Crippen molar-refractivity contribution in [2.75, 3.05) is 18.6 Å². The molecule has 5 atom stereocenters. The van der Waals surface area contributed by atoms with Gasteiger partial charge in [0.05, 0.1) is 6.04 Å². The van der Waals surface area contributed by atoms with Gasteiger partial charge < -0.3 is 15.5 Å². The summed E-state index contributed by atoms with van der Waals surface area (Å²) in [5.74, 6) is 1.04. The predicted octanol–water partition coefficient (Wildman–Crippen LogP) is 1.61. The Morgan fingerprint density at radius 2 is 1.93 bits per heavy atom. The Labute approximate surface area is 176 Å². The van der Waals surface area contributed by atoms with E-state index in [2.05, 4.69) is 22.8 Å². The molecule has 0 spiro atoms. The van der Waals surface area contributed by atoms with Crippen LogP contribution in [0.4, 0.5) is 0 Å². The van der Waals surface area contributed by atoms with Crippen LogP contribution in [0.3, 0.4) is 0 Å².